The molecule has 1 aromatic heterocycles. The Kier molecular flexibility index (Phi) is 5.53. The fraction of sp³-hybridized carbons (Fsp3) is 0.500. The predicted molar refractivity (Wildman–Crippen MR) is 89.8 cm³/mol. The summed E-state index contributed by atoms with van der Waals surface area (Å²) in [6.45, 7) is 9.32. The lowest BCUT2D eigenvalue weighted by Gasteiger charge is -2.14. The molecular formula is C16H23BrN4. The van der Waals surface area contributed by atoms with Crippen LogP contribution < -0.4 is 5.32 Å². The van der Waals surface area contributed by atoms with Crippen molar-refractivity contribution in [1.29, 1.82) is 0 Å². The van der Waals surface area contributed by atoms with Crippen LogP contribution >= 0.6 is 15.9 Å². The number of halogens is 1. The van der Waals surface area contributed by atoms with Gasteiger partial charge >= 0.3 is 0 Å². The van der Waals surface area contributed by atoms with Gasteiger partial charge in [0, 0.05) is 29.9 Å². The first kappa shape index (κ1) is 16.2. The van der Waals surface area contributed by atoms with Crippen molar-refractivity contribution in [2.45, 2.75) is 53.1 Å². The van der Waals surface area contributed by atoms with Crippen LogP contribution in [0.1, 0.15) is 44.9 Å². The van der Waals surface area contributed by atoms with E-state index in [4.69, 9.17) is 0 Å². The number of aryl methyl sites for hydroxylation is 2. The molecule has 0 radical (unpaired) electrons. The molecule has 0 atom stereocenters. The summed E-state index contributed by atoms with van der Waals surface area (Å²) in [5, 5.41) is 8.12. The average Bonchev–Trinajstić information content (AvgIpc) is 2.88. The fourth-order valence-electron chi connectivity index (χ4n) is 2.18. The Labute approximate surface area is 135 Å². The highest BCUT2D eigenvalue weighted by Crippen LogP contribution is 2.21. The Balaban J connectivity index is 2.44. The molecule has 1 N–H and O–H groups in total. The van der Waals surface area contributed by atoms with Crippen molar-refractivity contribution in [1.82, 2.24) is 20.1 Å². The van der Waals surface area contributed by atoms with Crippen LogP contribution in [0.15, 0.2) is 22.7 Å². The molecule has 0 bridgehead atoms. The summed E-state index contributed by atoms with van der Waals surface area (Å²) in [5.41, 5.74) is 2.33. The van der Waals surface area contributed by atoms with Crippen molar-refractivity contribution < 1.29 is 0 Å². The second-order valence-corrected chi connectivity index (χ2v) is 6.29. The van der Waals surface area contributed by atoms with E-state index in [2.05, 4.69) is 77.2 Å². The maximum Gasteiger partial charge on any atom is 0.151 e. The summed E-state index contributed by atoms with van der Waals surface area (Å²) in [7, 11) is 0. The Hall–Kier alpha value is -1.20. The Morgan fingerprint density at radius 2 is 2.00 bits per heavy atom. The Morgan fingerprint density at radius 3 is 2.62 bits per heavy atom. The first-order valence-electron chi connectivity index (χ1n) is 7.52. The molecule has 1 aromatic carbocycles. The molecule has 114 valence electrons. The SMILES string of the molecule is CCc1nc(CC)n(-c2ccc(Br)cc2CNC(C)C)n1. The molecule has 1 heterocycles. The number of nitrogens with zero attached hydrogens (tertiary/aromatic N) is 3. The van der Waals surface area contributed by atoms with E-state index in [1.807, 2.05) is 4.68 Å². The van der Waals surface area contributed by atoms with Crippen LogP contribution in [0.25, 0.3) is 5.69 Å². The van der Waals surface area contributed by atoms with Crippen molar-refractivity contribution >= 4 is 15.9 Å². The summed E-state index contributed by atoms with van der Waals surface area (Å²) in [5.74, 6) is 1.91. The summed E-state index contributed by atoms with van der Waals surface area (Å²) >= 11 is 3.56. The smallest absolute Gasteiger partial charge is 0.151 e. The number of nitrogens with one attached hydrogen (secondary N) is 1. The molecular weight excluding hydrogens is 328 g/mol. The molecule has 4 nitrogen and oxygen atoms in total. The maximum absolute atomic E-state index is 4.65. The van der Waals surface area contributed by atoms with Crippen LogP contribution in [0, 0.1) is 0 Å². The van der Waals surface area contributed by atoms with Gasteiger partial charge in [-0.15, -0.1) is 0 Å². The summed E-state index contributed by atoms with van der Waals surface area (Å²) in [6.07, 6.45) is 1.73. The van der Waals surface area contributed by atoms with Crippen molar-refractivity contribution in [2.75, 3.05) is 0 Å². The van der Waals surface area contributed by atoms with Crippen LogP contribution in [0.4, 0.5) is 0 Å². The Bertz CT molecular complexity index is 604. The van der Waals surface area contributed by atoms with Gasteiger partial charge < -0.3 is 5.32 Å². The fourth-order valence-corrected chi connectivity index (χ4v) is 2.59. The van der Waals surface area contributed by atoms with Crippen molar-refractivity contribution in [3.63, 3.8) is 0 Å². The third kappa shape index (κ3) is 3.92. The van der Waals surface area contributed by atoms with Crippen LogP contribution in [0.3, 0.4) is 0 Å². The number of rotatable bonds is 6. The van der Waals surface area contributed by atoms with E-state index in [0.29, 0.717) is 6.04 Å². The lowest BCUT2D eigenvalue weighted by molar-refractivity contribution is 0.585. The minimum atomic E-state index is 0.449. The molecule has 0 aliphatic carbocycles. The number of hydrogen-bond donors (Lipinski definition) is 1. The van der Waals surface area contributed by atoms with Gasteiger partial charge in [0.15, 0.2) is 5.82 Å². The highest BCUT2D eigenvalue weighted by molar-refractivity contribution is 9.10. The largest absolute Gasteiger partial charge is 0.310 e. The highest BCUT2D eigenvalue weighted by atomic mass is 79.9. The second kappa shape index (κ2) is 7.18. The van der Waals surface area contributed by atoms with Crippen molar-refractivity contribution in [2.24, 2.45) is 0 Å². The quantitative estimate of drug-likeness (QED) is 0.864. The predicted octanol–water partition coefficient (Wildman–Crippen LogP) is 3.65. The van der Waals surface area contributed by atoms with Gasteiger partial charge in [0.05, 0.1) is 5.69 Å². The van der Waals surface area contributed by atoms with Crippen LogP contribution in [0.2, 0.25) is 0 Å². The van der Waals surface area contributed by atoms with Gasteiger partial charge in [0.25, 0.3) is 0 Å². The number of aromatic nitrogens is 3. The molecule has 2 aromatic rings. The van der Waals surface area contributed by atoms with E-state index < -0.39 is 0 Å². The lowest BCUT2D eigenvalue weighted by Crippen LogP contribution is -2.23. The minimum Gasteiger partial charge on any atom is -0.310 e. The van der Waals surface area contributed by atoms with E-state index in [1.165, 1.54) is 5.56 Å². The third-order valence-corrected chi connectivity index (χ3v) is 3.81. The Morgan fingerprint density at radius 1 is 1.24 bits per heavy atom. The van der Waals surface area contributed by atoms with Gasteiger partial charge in [-0.1, -0.05) is 43.6 Å². The van der Waals surface area contributed by atoms with E-state index in [1.54, 1.807) is 0 Å². The third-order valence-electron chi connectivity index (χ3n) is 3.32. The molecule has 0 saturated carbocycles. The summed E-state index contributed by atoms with van der Waals surface area (Å²) < 4.78 is 3.07. The lowest BCUT2D eigenvalue weighted by atomic mass is 10.1. The molecule has 0 saturated heterocycles. The first-order valence-corrected chi connectivity index (χ1v) is 8.31. The molecule has 0 amide bonds. The van der Waals surface area contributed by atoms with Gasteiger partial charge in [0.1, 0.15) is 5.82 Å². The number of hydrogen-bond acceptors (Lipinski definition) is 3. The zero-order chi connectivity index (χ0) is 15.4. The van der Waals surface area contributed by atoms with Gasteiger partial charge in [-0.3, -0.25) is 0 Å². The normalized spacial score (nSPS) is 11.3. The molecule has 0 spiro atoms. The second-order valence-electron chi connectivity index (χ2n) is 5.37. The van der Waals surface area contributed by atoms with Crippen molar-refractivity contribution in [3.05, 3.63) is 39.9 Å². The topological polar surface area (TPSA) is 42.7 Å². The van der Waals surface area contributed by atoms with Crippen LogP contribution in [0.5, 0.6) is 0 Å². The van der Waals surface area contributed by atoms with Gasteiger partial charge in [-0.2, -0.15) is 5.10 Å². The monoisotopic (exact) mass is 350 g/mol. The van der Waals surface area contributed by atoms with Crippen LogP contribution in [-0.4, -0.2) is 20.8 Å². The average molecular weight is 351 g/mol. The minimum absolute atomic E-state index is 0.449. The van der Waals surface area contributed by atoms with Crippen molar-refractivity contribution in [3.8, 4) is 5.69 Å². The zero-order valence-corrected chi connectivity index (χ0v) is 14.7. The maximum atomic E-state index is 4.65. The summed E-state index contributed by atoms with van der Waals surface area (Å²) in [6, 6.07) is 6.76. The van der Waals surface area contributed by atoms with Gasteiger partial charge in [-0.25, -0.2) is 9.67 Å². The van der Waals surface area contributed by atoms with Gasteiger partial charge in [0.2, 0.25) is 0 Å². The van der Waals surface area contributed by atoms with Crippen LogP contribution in [-0.2, 0) is 19.4 Å². The van der Waals surface area contributed by atoms with E-state index >= 15 is 0 Å². The molecule has 0 aliphatic rings. The van der Waals surface area contributed by atoms with E-state index in [9.17, 15) is 0 Å². The number of benzene rings is 1. The molecule has 0 fully saturated rings. The highest BCUT2D eigenvalue weighted by Gasteiger charge is 2.13. The van der Waals surface area contributed by atoms with E-state index in [-0.39, 0.29) is 0 Å². The molecule has 21 heavy (non-hydrogen) atoms. The van der Waals surface area contributed by atoms with E-state index in [0.717, 1.165) is 41.2 Å². The zero-order valence-electron chi connectivity index (χ0n) is 13.2. The molecule has 0 aliphatic heterocycles. The molecule has 5 heteroatoms. The summed E-state index contributed by atoms with van der Waals surface area (Å²) in [4.78, 5) is 4.60. The standard InChI is InChI=1S/C16H23BrN4/c1-5-15-19-16(6-2)21(20-15)14-8-7-13(17)9-12(14)10-18-11(3)4/h7-9,11,18H,5-6,10H2,1-4H3. The molecule has 0 unspecified atom stereocenters. The van der Waals surface area contributed by atoms with Gasteiger partial charge in [-0.05, 0) is 23.8 Å². The molecule has 2 rings (SSSR count). The first-order chi connectivity index (χ1) is 10.0.